The molecule has 0 radical (unpaired) electrons. The molecular formula is C37H29Br2FN2O5. The van der Waals surface area contributed by atoms with E-state index in [2.05, 4.69) is 37.2 Å². The van der Waals surface area contributed by atoms with Crippen LogP contribution in [0.5, 0.6) is 11.5 Å². The number of nitrogens with zero attached hydrogens (tertiary/aromatic N) is 1. The molecule has 0 fully saturated rings. The van der Waals surface area contributed by atoms with E-state index in [1.165, 1.54) is 17.0 Å². The first-order chi connectivity index (χ1) is 22.7. The average molecular weight is 760 g/mol. The van der Waals surface area contributed by atoms with Crippen LogP contribution in [-0.4, -0.2) is 34.3 Å². The molecule has 47 heavy (non-hydrogen) atoms. The standard InChI is InChI=1S/C37H29Br2FN2O5/c38-33-20-28(35(43)41-18-17-24-9-15-31(16-10-24)47-30-7-2-1-3-8-30)21-34(39)32(33)23-42(36(44)37(45)46)22-25-5-4-6-27(19-25)26-11-13-29(40)14-12-26/h1-16,19-21H,17-18,22-23H2,(H,41,43)(H,45,46). The molecule has 0 unspecified atom stereocenters. The average Bonchev–Trinajstić information content (AvgIpc) is 3.07. The third kappa shape index (κ3) is 9.15. The largest absolute Gasteiger partial charge is 0.474 e. The molecule has 5 aromatic carbocycles. The van der Waals surface area contributed by atoms with E-state index in [4.69, 9.17) is 4.74 Å². The number of carbonyl (C=O) groups is 3. The second-order valence-corrected chi connectivity index (χ2v) is 12.4. The van der Waals surface area contributed by atoms with Gasteiger partial charge in [0.25, 0.3) is 5.91 Å². The fourth-order valence-corrected chi connectivity index (χ4v) is 6.33. The first-order valence-electron chi connectivity index (χ1n) is 14.6. The Labute approximate surface area is 288 Å². The third-order valence-corrected chi connectivity index (χ3v) is 8.72. The smallest absolute Gasteiger partial charge is 0.394 e. The van der Waals surface area contributed by atoms with Gasteiger partial charge in [0.05, 0.1) is 0 Å². The van der Waals surface area contributed by atoms with E-state index in [1.54, 1.807) is 36.4 Å². The number of nitrogens with one attached hydrogen (secondary N) is 1. The molecule has 238 valence electrons. The van der Waals surface area contributed by atoms with E-state index in [-0.39, 0.29) is 24.8 Å². The minimum absolute atomic E-state index is 0.0145. The summed E-state index contributed by atoms with van der Waals surface area (Å²) in [6, 6.07) is 33.8. The van der Waals surface area contributed by atoms with Gasteiger partial charge in [0.2, 0.25) is 0 Å². The molecule has 0 spiro atoms. The van der Waals surface area contributed by atoms with Crippen LogP contribution in [0.1, 0.15) is 27.0 Å². The maximum absolute atomic E-state index is 13.4. The van der Waals surface area contributed by atoms with Crippen molar-refractivity contribution in [1.29, 1.82) is 0 Å². The summed E-state index contributed by atoms with van der Waals surface area (Å²) in [6.07, 6.45) is 0.617. The molecular weight excluding hydrogens is 731 g/mol. The van der Waals surface area contributed by atoms with Crippen LogP contribution in [0, 0.1) is 5.82 Å². The molecule has 0 saturated heterocycles. The zero-order chi connectivity index (χ0) is 33.3. The van der Waals surface area contributed by atoms with Crippen molar-refractivity contribution in [2.24, 2.45) is 0 Å². The number of benzene rings is 5. The van der Waals surface area contributed by atoms with Crippen LogP contribution in [0.25, 0.3) is 11.1 Å². The molecule has 2 amide bonds. The summed E-state index contributed by atoms with van der Waals surface area (Å²) in [5, 5.41) is 12.5. The molecule has 0 aliphatic heterocycles. The van der Waals surface area contributed by atoms with Gasteiger partial charge in [-0.25, -0.2) is 9.18 Å². The number of carbonyl (C=O) groups excluding carboxylic acids is 2. The van der Waals surface area contributed by atoms with Crippen LogP contribution in [-0.2, 0) is 29.1 Å². The third-order valence-electron chi connectivity index (χ3n) is 7.30. The van der Waals surface area contributed by atoms with Gasteiger partial charge in [0.15, 0.2) is 0 Å². The van der Waals surface area contributed by atoms with Crippen LogP contribution in [0.4, 0.5) is 4.39 Å². The number of halogens is 3. The Balaban J connectivity index is 1.22. The number of rotatable bonds is 11. The SMILES string of the molecule is O=C(O)C(=O)N(Cc1cccc(-c2ccc(F)cc2)c1)Cc1c(Br)cc(C(=O)NCCc2ccc(Oc3ccccc3)cc2)cc1Br. The number of para-hydroxylation sites is 1. The molecule has 0 atom stereocenters. The van der Waals surface area contributed by atoms with Gasteiger partial charge >= 0.3 is 11.9 Å². The van der Waals surface area contributed by atoms with Gasteiger partial charge in [-0.05, 0) is 88.8 Å². The predicted octanol–water partition coefficient (Wildman–Crippen LogP) is 8.40. The fraction of sp³-hybridized carbons (Fsp3) is 0.108. The van der Waals surface area contributed by atoms with E-state index >= 15 is 0 Å². The zero-order valence-corrected chi connectivity index (χ0v) is 28.1. The molecule has 0 heterocycles. The summed E-state index contributed by atoms with van der Waals surface area (Å²) in [5.41, 5.74) is 4.32. The molecule has 5 rings (SSSR count). The summed E-state index contributed by atoms with van der Waals surface area (Å²) in [4.78, 5) is 38.7. The van der Waals surface area contributed by atoms with Crippen molar-refractivity contribution in [2.75, 3.05) is 6.54 Å². The van der Waals surface area contributed by atoms with E-state index in [1.807, 2.05) is 66.7 Å². The number of aliphatic carboxylic acids is 1. The highest BCUT2D eigenvalue weighted by Gasteiger charge is 2.24. The Morgan fingerprint density at radius 3 is 2.04 bits per heavy atom. The number of carboxylic acids is 1. The van der Waals surface area contributed by atoms with Crippen molar-refractivity contribution in [2.45, 2.75) is 19.5 Å². The summed E-state index contributed by atoms with van der Waals surface area (Å²) in [6.45, 7) is 0.381. The van der Waals surface area contributed by atoms with Crippen molar-refractivity contribution in [3.8, 4) is 22.6 Å². The highest BCUT2D eigenvalue weighted by molar-refractivity contribution is 9.11. The first kappa shape index (κ1) is 33.6. The number of ether oxygens (including phenoxy) is 1. The van der Waals surface area contributed by atoms with Crippen LogP contribution in [0.3, 0.4) is 0 Å². The Morgan fingerprint density at radius 1 is 0.723 bits per heavy atom. The molecule has 0 aromatic heterocycles. The van der Waals surface area contributed by atoms with E-state index < -0.39 is 11.9 Å². The van der Waals surface area contributed by atoms with E-state index in [0.717, 1.165) is 28.2 Å². The number of hydrogen-bond donors (Lipinski definition) is 2. The Morgan fingerprint density at radius 2 is 1.38 bits per heavy atom. The van der Waals surface area contributed by atoms with Crippen LogP contribution in [0.2, 0.25) is 0 Å². The minimum Gasteiger partial charge on any atom is -0.474 e. The van der Waals surface area contributed by atoms with Gasteiger partial charge in [-0.1, -0.05) is 92.5 Å². The number of carboxylic acid groups (broad SMARTS) is 1. The van der Waals surface area contributed by atoms with Crippen molar-refractivity contribution >= 4 is 49.6 Å². The predicted molar refractivity (Wildman–Crippen MR) is 185 cm³/mol. The van der Waals surface area contributed by atoms with Gasteiger partial charge in [-0.3, -0.25) is 9.59 Å². The first-order valence-corrected chi connectivity index (χ1v) is 16.2. The van der Waals surface area contributed by atoms with Crippen LogP contribution in [0.15, 0.2) is 124 Å². The lowest BCUT2D eigenvalue weighted by Crippen LogP contribution is -2.35. The van der Waals surface area contributed by atoms with E-state index in [9.17, 15) is 23.9 Å². The van der Waals surface area contributed by atoms with Crippen molar-refractivity contribution in [3.63, 3.8) is 0 Å². The Kier molecular flexibility index (Phi) is 11.2. The normalized spacial score (nSPS) is 10.7. The molecule has 10 heteroatoms. The molecule has 7 nitrogen and oxygen atoms in total. The van der Waals surface area contributed by atoms with Gasteiger partial charge in [0.1, 0.15) is 17.3 Å². The summed E-state index contributed by atoms with van der Waals surface area (Å²) >= 11 is 7.02. The second kappa shape index (κ2) is 15.7. The second-order valence-electron chi connectivity index (χ2n) is 10.7. The zero-order valence-electron chi connectivity index (χ0n) is 25.0. The monoisotopic (exact) mass is 758 g/mol. The fourth-order valence-electron chi connectivity index (χ4n) is 4.89. The highest BCUT2D eigenvalue weighted by Crippen LogP contribution is 2.30. The van der Waals surface area contributed by atoms with Gasteiger partial charge < -0.3 is 20.1 Å². The molecule has 0 saturated carbocycles. The Hall–Kier alpha value is -4.80. The molecule has 2 N–H and O–H groups in total. The quantitative estimate of drug-likeness (QED) is 0.132. The lowest BCUT2D eigenvalue weighted by Gasteiger charge is -2.23. The van der Waals surface area contributed by atoms with Gasteiger partial charge in [0, 0.05) is 34.1 Å². The Bertz CT molecular complexity index is 1860. The lowest BCUT2D eigenvalue weighted by molar-refractivity contribution is -0.156. The molecule has 0 bridgehead atoms. The lowest BCUT2D eigenvalue weighted by atomic mass is 10.0. The van der Waals surface area contributed by atoms with Crippen LogP contribution < -0.4 is 10.1 Å². The topological polar surface area (TPSA) is 95.9 Å². The van der Waals surface area contributed by atoms with Gasteiger partial charge in [-0.15, -0.1) is 0 Å². The summed E-state index contributed by atoms with van der Waals surface area (Å²) < 4.78 is 20.3. The maximum atomic E-state index is 13.4. The summed E-state index contributed by atoms with van der Waals surface area (Å²) in [5.74, 6) is -1.80. The van der Waals surface area contributed by atoms with Crippen LogP contribution >= 0.6 is 31.9 Å². The summed E-state index contributed by atoms with van der Waals surface area (Å²) in [7, 11) is 0. The number of hydrogen-bond acceptors (Lipinski definition) is 4. The van der Waals surface area contributed by atoms with E-state index in [0.29, 0.717) is 38.6 Å². The maximum Gasteiger partial charge on any atom is 0.394 e. The van der Waals surface area contributed by atoms with Gasteiger partial charge in [-0.2, -0.15) is 0 Å². The molecule has 0 aliphatic carbocycles. The van der Waals surface area contributed by atoms with Crippen molar-refractivity contribution in [3.05, 3.63) is 152 Å². The molecule has 0 aliphatic rings. The molecule has 5 aromatic rings. The highest BCUT2D eigenvalue weighted by atomic mass is 79.9. The minimum atomic E-state index is -1.58. The number of amides is 2. The van der Waals surface area contributed by atoms with Crippen molar-refractivity contribution < 1.29 is 28.6 Å². The van der Waals surface area contributed by atoms with Crippen molar-refractivity contribution in [1.82, 2.24) is 10.2 Å².